The number of aryl methyl sites for hydroxylation is 2. The van der Waals surface area contributed by atoms with E-state index in [-0.39, 0.29) is 0 Å². The molecule has 0 radical (unpaired) electrons. The van der Waals surface area contributed by atoms with Gasteiger partial charge in [0, 0.05) is 31.5 Å². The van der Waals surface area contributed by atoms with Crippen molar-refractivity contribution in [2.24, 2.45) is 0 Å². The van der Waals surface area contributed by atoms with Gasteiger partial charge in [-0.2, -0.15) is 0 Å². The molecule has 1 amide bonds. The molecule has 2 aliphatic carbocycles. The number of carbonyl (C=O) groups excluding carboxylic acids is 1. The fraction of sp³-hybridized carbons (Fsp3) is 0.680. The van der Waals surface area contributed by atoms with Gasteiger partial charge < -0.3 is 9.47 Å². The average Bonchev–Trinajstić information content (AvgIpc) is 3.12. The van der Waals surface area contributed by atoms with Crippen molar-refractivity contribution in [3.8, 4) is 0 Å². The summed E-state index contributed by atoms with van der Waals surface area (Å²) in [7, 11) is 0. The molecule has 1 aromatic heterocycles. The van der Waals surface area contributed by atoms with Gasteiger partial charge in [-0.05, 0) is 57.2 Å². The molecule has 4 heteroatoms. The number of aromatic nitrogens is 2. The van der Waals surface area contributed by atoms with Gasteiger partial charge in [-0.1, -0.05) is 44.6 Å². The SMILES string of the molecule is CCN(C(=O)CCn1c(C2CCCCC2)nc2ccc(C)cc21)C1CCCCC1. The van der Waals surface area contributed by atoms with Gasteiger partial charge in [-0.15, -0.1) is 0 Å². The smallest absolute Gasteiger partial charge is 0.224 e. The lowest BCUT2D eigenvalue weighted by Gasteiger charge is -2.34. The Morgan fingerprint density at radius 1 is 1.07 bits per heavy atom. The van der Waals surface area contributed by atoms with Crippen molar-refractivity contribution in [2.75, 3.05) is 6.54 Å². The molecule has 2 aromatic rings. The molecule has 2 fully saturated rings. The van der Waals surface area contributed by atoms with E-state index in [2.05, 4.69) is 41.5 Å². The Bertz CT molecular complexity index is 828. The second-order valence-electron chi connectivity index (χ2n) is 9.17. The van der Waals surface area contributed by atoms with Crippen LogP contribution in [-0.2, 0) is 11.3 Å². The minimum absolute atomic E-state index is 0.323. The molecule has 4 rings (SSSR count). The zero-order valence-electron chi connectivity index (χ0n) is 18.3. The van der Waals surface area contributed by atoms with Crippen LogP contribution in [0.1, 0.15) is 94.9 Å². The molecule has 158 valence electrons. The standard InChI is InChI=1S/C25H37N3O/c1-3-27(21-12-8-5-9-13-21)24(29)16-17-28-23-18-19(2)14-15-22(23)26-25(28)20-10-6-4-7-11-20/h14-15,18,20-21H,3-13,16-17H2,1-2H3. The van der Waals surface area contributed by atoms with Crippen LogP contribution in [0.4, 0.5) is 0 Å². The van der Waals surface area contributed by atoms with E-state index in [0.717, 1.165) is 18.6 Å². The molecule has 1 heterocycles. The average molecular weight is 396 g/mol. The van der Waals surface area contributed by atoms with E-state index >= 15 is 0 Å². The molecule has 4 nitrogen and oxygen atoms in total. The third-order valence-electron chi connectivity index (χ3n) is 7.13. The predicted molar refractivity (Wildman–Crippen MR) is 119 cm³/mol. The highest BCUT2D eigenvalue weighted by Gasteiger charge is 2.26. The Morgan fingerprint density at radius 3 is 2.45 bits per heavy atom. The lowest BCUT2D eigenvalue weighted by molar-refractivity contribution is -0.134. The van der Waals surface area contributed by atoms with Crippen LogP contribution in [0.25, 0.3) is 11.0 Å². The Hall–Kier alpha value is -1.84. The first-order valence-electron chi connectivity index (χ1n) is 11.9. The lowest BCUT2D eigenvalue weighted by Crippen LogP contribution is -2.41. The molecule has 0 bridgehead atoms. The van der Waals surface area contributed by atoms with Crippen molar-refractivity contribution in [3.05, 3.63) is 29.6 Å². The minimum atomic E-state index is 0.323. The van der Waals surface area contributed by atoms with Gasteiger partial charge in [0.15, 0.2) is 0 Å². The van der Waals surface area contributed by atoms with Crippen LogP contribution in [-0.4, -0.2) is 32.9 Å². The Kier molecular flexibility index (Phi) is 6.56. The van der Waals surface area contributed by atoms with Crippen LogP contribution in [0.3, 0.4) is 0 Å². The van der Waals surface area contributed by atoms with Crippen LogP contribution in [0.15, 0.2) is 18.2 Å². The molecule has 0 saturated heterocycles. The molecule has 0 atom stereocenters. The molecule has 0 aliphatic heterocycles. The second kappa shape index (κ2) is 9.32. The maximum Gasteiger partial charge on any atom is 0.224 e. The zero-order valence-corrected chi connectivity index (χ0v) is 18.3. The number of hydrogen-bond acceptors (Lipinski definition) is 2. The van der Waals surface area contributed by atoms with Gasteiger partial charge in [-0.3, -0.25) is 4.79 Å². The van der Waals surface area contributed by atoms with Crippen LogP contribution < -0.4 is 0 Å². The van der Waals surface area contributed by atoms with Gasteiger partial charge in [0.05, 0.1) is 11.0 Å². The van der Waals surface area contributed by atoms with E-state index in [1.165, 1.54) is 81.1 Å². The van der Waals surface area contributed by atoms with Crippen molar-refractivity contribution in [2.45, 2.75) is 103 Å². The number of fused-ring (bicyclic) bond motifs is 1. The number of rotatable bonds is 6. The summed E-state index contributed by atoms with van der Waals surface area (Å²) in [6, 6.07) is 7.01. The third kappa shape index (κ3) is 4.51. The first kappa shape index (κ1) is 20.4. The predicted octanol–water partition coefficient (Wildman–Crippen LogP) is 5.96. The van der Waals surface area contributed by atoms with Gasteiger partial charge in [0.1, 0.15) is 5.82 Å². The van der Waals surface area contributed by atoms with Gasteiger partial charge in [0.2, 0.25) is 5.91 Å². The topological polar surface area (TPSA) is 38.1 Å². The molecule has 0 spiro atoms. The molecule has 2 saturated carbocycles. The molecule has 1 aromatic carbocycles. The number of hydrogen-bond donors (Lipinski definition) is 0. The summed E-state index contributed by atoms with van der Waals surface area (Å²) in [5.74, 6) is 2.09. The molecular weight excluding hydrogens is 358 g/mol. The summed E-state index contributed by atoms with van der Waals surface area (Å²) in [5.41, 5.74) is 3.56. The van der Waals surface area contributed by atoms with E-state index in [1.807, 2.05) is 0 Å². The minimum Gasteiger partial charge on any atom is -0.340 e. The Balaban J connectivity index is 1.55. The van der Waals surface area contributed by atoms with Crippen molar-refractivity contribution >= 4 is 16.9 Å². The van der Waals surface area contributed by atoms with E-state index in [1.54, 1.807) is 0 Å². The second-order valence-corrected chi connectivity index (χ2v) is 9.17. The molecular formula is C25H37N3O. The summed E-state index contributed by atoms with van der Waals surface area (Å²) < 4.78 is 2.38. The fourth-order valence-corrected chi connectivity index (χ4v) is 5.54. The number of nitrogens with zero attached hydrogens (tertiary/aromatic N) is 3. The van der Waals surface area contributed by atoms with Crippen molar-refractivity contribution in [3.63, 3.8) is 0 Å². The largest absolute Gasteiger partial charge is 0.340 e. The molecule has 2 aliphatic rings. The van der Waals surface area contributed by atoms with Gasteiger partial charge in [0.25, 0.3) is 0 Å². The van der Waals surface area contributed by atoms with Crippen molar-refractivity contribution in [1.29, 1.82) is 0 Å². The normalized spacial score (nSPS) is 19.0. The number of benzene rings is 1. The Labute approximate surface area is 175 Å². The molecule has 0 unspecified atom stereocenters. The highest BCUT2D eigenvalue weighted by atomic mass is 16.2. The summed E-state index contributed by atoms with van der Waals surface area (Å²) in [6.45, 7) is 5.87. The summed E-state index contributed by atoms with van der Waals surface area (Å²) in [4.78, 5) is 20.4. The van der Waals surface area contributed by atoms with Crippen LogP contribution in [0, 0.1) is 6.92 Å². The summed E-state index contributed by atoms with van der Waals surface area (Å²) in [6.07, 6.45) is 13.2. The van der Waals surface area contributed by atoms with Gasteiger partial charge in [-0.25, -0.2) is 4.98 Å². The maximum absolute atomic E-state index is 13.2. The van der Waals surface area contributed by atoms with Crippen LogP contribution in [0.2, 0.25) is 0 Å². The first-order chi connectivity index (χ1) is 14.2. The van der Waals surface area contributed by atoms with Crippen LogP contribution in [0.5, 0.6) is 0 Å². The van der Waals surface area contributed by atoms with Gasteiger partial charge >= 0.3 is 0 Å². The zero-order chi connectivity index (χ0) is 20.2. The van der Waals surface area contributed by atoms with Crippen molar-refractivity contribution < 1.29 is 4.79 Å². The maximum atomic E-state index is 13.2. The van der Waals surface area contributed by atoms with E-state index < -0.39 is 0 Å². The molecule has 29 heavy (non-hydrogen) atoms. The first-order valence-corrected chi connectivity index (χ1v) is 11.9. The number of imidazole rings is 1. The number of carbonyl (C=O) groups is 1. The quantitative estimate of drug-likeness (QED) is 0.605. The highest BCUT2D eigenvalue weighted by Crippen LogP contribution is 2.34. The van der Waals surface area contributed by atoms with Crippen molar-refractivity contribution in [1.82, 2.24) is 14.5 Å². The fourth-order valence-electron chi connectivity index (χ4n) is 5.54. The molecule has 0 N–H and O–H groups in total. The lowest BCUT2D eigenvalue weighted by atomic mass is 9.88. The van der Waals surface area contributed by atoms with Crippen LogP contribution >= 0.6 is 0 Å². The Morgan fingerprint density at radius 2 is 1.76 bits per heavy atom. The third-order valence-corrected chi connectivity index (χ3v) is 7.13. The monoisotopic (exact) mass is 395 g/mol. The highest BCUT2D eigenvalue weighted by molar-refractivity contribution is 5.79. The van der Waals surface area contributed by atoms with E-state index in [9.17, 15) is 4.79 Å². The summed E-state index contributed by atoms with van der Waals surface area (Å²) in [5, 5.41) is 0. The number of amides is 1. The van der Waals surface area contributed by atoms with E-state index in [4.69, 9.17) is 4.98 Å². The van der Waals surface area contributed by atoms with E-state index in [0.29, 0.717) is 24.3 Å². The summed E-state index contributed by atoms with van der Waals surface area (Å²) >= 11 is 0.